The average Bonchev–Trinajstić information content (AvgIpc) is 2.77. The number of hydrogen-bond donors (Lipinski definition) is 1. The van der Waals surface area contributed by atoms with E-state index in [1.54, 1.807) is 11.0 Å². The van der Waals surface area contributed by atoms with Crippen LogP contribution < -0.4 is 5.73 Å². The van der Waals surface area contributed by atoms with Crippen LogP contribution in [0.3, 0.4) is 0 Å². The lowest BCUT2D eigenvalue weighted by Crippen LogP contribution is -2.33. The van der Waals surface area contributed by atoms with Crippen LogP contribution in [0.1, 0.15) is 23.7 Å². The van der Waals surface area contributed by atoms with Crippen molar-refractivity contribution in [1.29, 1.82) is 0 Å². The topological polar surface area (TPSA) is 46.3 Å². The molecule has 0 bridgehead atoms. The summed E-state index contributed by atoms with van der Waals surface area (Å²) in [4.78, 5) is 13.9. The summed E-state index contributed by atoms with van der Waals surface area (Å²) in [6.07, 6.45) is 0.890. The molecular weight excluding hydrogens is 299 g/mol. The van der Waals surface area contributed by atoms with Crippen molar-refractivity contribution in [3.8, 4) is 0 Å². The van der Waals surface area contributed by atoms with Crippen molar-refractivity contribution in [3.05, 3.63) is 34.1 Å². The molecule has 1 aromatic carbocycles. The molecule has 0 aliphatic carbocycles. The van der Waals surface area contributed by atoms with Crippen molar-refractivity contribution in [1.82, 2.24) is 4.90 Å². The molecule has 0 aromatic heterocycles. The summed E-state index contributed by atoms with van der Waals surface area (Å²) in [5, 5.41) is 0. The van der Waals surface area contributed by atoms with Crippen molar-refractivity contribution >= 4 is 21.8 Å². The van der Waals surface area contributed by atoms with Gasteiger partial charge in [0.05, 0.1) is 5.56 Å². The molecular formula is C13H16BrFN2O. The highest BCUT2D eigenvalue weighted by atomic mass is 79.9. The highest BCUT2D eigenvalue weighted by Crippen LogP contribution is 2.23. The van der Waals surface area contributed by atoms with Gasteiger partial charge in [-0.15, -0.1) is 0 Å². The lowest BCUT2D eigenvalue weighted by molar-refractivity contribution is 0.0781. The summed E-state index contributed by atoms with van der Waals surface area (Å²) in [6, 6.07) is 4.57. The molecule has 1 aromatic rings. The Morgan fingerprint density at radius 3 is 2.89 bits per heavy atom. The molecule has 0 saturated carbocycles. The van der Waals surface area contributed by atoms with Gasteiger partial charge in [0.25, 0.3) is 5.91 Å². The zero-order valence-corrected chi connectivity index (χ0v) is 11.8. The van der Waals surface area contributed by atoms with E-state index < -0.39 is 5.82 Å². The fourth-order valence-electron chi connectivity index (χ4n) is 2.23. The Morgan fingerprint density at radius 1 is 1.61 bits per heavy atom. The standard InChI is InChI=1S/C13H16BrFN2O/c1-8(16)9-4-5-17(7-9)13(18)11-3-2-10(14)6-12(11)15/h2-3,6,8-9H,4-5,7,16H2,1H3. The Balaban J connectivity index is 2.13. The molecule has 1 aliphatic heterocycles. The van der Waals surface area contributed by atoms with E-state index in [2.05, 4.69) is 15.9 Å². The van der Waals surface area contributed by atoms with Gasteiger partial charge in [-0.05, 0) is 37.5 Å². The van der Waals surface area contributed by atoms with E-state index in [4.69, 9.17) is 5.73 Å². The fraction of sp³-hybridized carbons (Fsp3) is 0.462. The Bertz CT molecular complexity index is 464. The normalized spacial score (nSPS) is 21.1. The van der Waals surface area contributed by atoms with E-state index >= 15 is 0 Å². The Morgan fingerprint density at radius 2 is 2.33 bits per heavy atom. The summed E-state index contributed by atoms with van der Waals surface area (Å²) < 4.78 is 14.3. The average molecular weight is 315 g/mol. The number of amides is 1. The molecule has 98 valence electrons. The van der Waals surface area contributed by atoms with Crippen LogP contribution >= 0.6 is 15.9 Å². The van der Waals surface area contributed by atoms with E-state index in [1.807, 2.05) is 6.92 Å². The number of carbonyl (C=O) groups is 1. The molecule has 3 nitrogen and oxygen atoms in total. The van der Waals surface area contributed by atoms with Gasteiger partial charge in [0, 0.05) is 23.6 Å². The zero-order chi connectivity index (χ0) is 13.3. The maximum Gasteiger partial charge on any atom is 0.256 e. The van der Waals surface area contributed by atoms with Crippen LogP contribution in [-0.2, 0) is 0 Å². The second kappa shape index (κ2) is 5.36. The Hall–Kier alpha value is -0.940. The van der Waals surface area contributed by atoms with Crippen molar-refractivity contribution < 1.29 is 9.18 Å². The monoisotopic (exact) mass is 314 g/mol. The van der Waals surface area contributed by atoms with Gasteiger partial charge in [-0.25, -0.2) is 4.39 Å². The minimum atomic E-state index is -0.487. The summed E-state index contributed by atoms with van der Waals surface area (Å²) in [6.45, 7) is 3.21. The molecule has 0 radical (unpaired) electrons. The first kappa shape index (κ1) is 13.5. The highest BCUT2D eigenvalue weighted by molar-refractivity contribution is 9.10. The molecule has 1 amide bonds. The maximum absolute atomic E-state index is 13.7. The summed E-state index contributed by atoms with van der Waals surface area (Å²) >= 11 is 3.18. The molecule has 2 unspecified atom stereocenters. The van der Waals surface area contributed by atoms with Crippen molar-refractivity contribution in [3.63, 3.8) is 0 Å². The molecule has 5 heteroatoms. The third-order valence-corrected chi connectivity index (χ3v) is 3.91. The van der Waals surface area contributed by atoms with Crippen LogP contribution in [0.2, 0.25) is 0 Å². The largest absolute Gasteiger partial charge is 0.338 e. The number of hydrogen-bond acceptors (Lipinski definition) is 2. The van der Waals surface area contributed by atoms with Gasteiger partial charge >= 0.3 is 0 Å². The van der Waals surface area contributed by atoms with Crippen molar-refractivity contribution in [2.24, 2.45) is 11.7 Å². The van der Waals surface area contributed by atoms with Gasteiger partial charge in [0.2, 0.25) is 0 Å². The first-order chi connectivity index (χ1) is 8.49. The predicted octanol–water partition coefficient (Wildman–Crippen LogP) is 2.40. The smallest absolute Gasteiger partial charge is 0.256 e. The number of nitrogens with zero attached hydrogens (tertiary/aromatic N) is 1. The van der Waals surface area contributed by atoms with Gasteiger partial charge in [0.1, 0.15) is 5.82 Å². The second-order valence-electron chi connectivity index (χ2n) is 4.78. The Labute approximate surface area is 114 Å². The lowest BCUT2D eigenvalue weighted by atomic mass is 10.0. The van der Waals surface area contributed by atoms with E-state index in [0.717, 1.165) is 6.42 Å². The third-order valence-electron chi connectivity index (χ3n) is 3.42. The molecule has 1 saturated heterocycles. The number of halogens is 2. The highest BCUT2D eigenvalue weighted by Gasteiger charge is 2.29. The van der Waals surface area contributed by atoms with Crippen LogP contribution in [0, 0.1) is 11.7 Å². The van der Waals surface area contributed by atoms with Crippen LogP contribution in [0.4, 0.5) is 4.39 Å². The van der Waals surface area contributed by atoms with Gasteiger partial charge in [-0.1, -0.05) is 15.9 Å². The molecule has 1 fully saturated rings. The minimum absolute atomic E-state index is 0.0672. The van der Waals surface area contributed by atoms with Crippen LogP contribution in [-0.4, -0.2) is 29.9 Å². The number of carbonyl (C=O) groups excluding carboxylic acids is 1. The van der Waals surface area contributed by atoms with E-state index in [9.17, 15) is 9.18 Å². The number of rotatable bonds is 2. The predicted molar refractivity (Wildman–Crippen MR) is 71.8 cm³/mol. The summed E-state index contributed by atoms with van der Waals surface area (Å²) in [7, 11) is 0. The molecule has 2 atom stereocenters. The van der Waals surface area contributed by atoms with Crippen molar-refractivity contribution in [2.45, 2.75) is 19.4 Å². The quantitative estimate of drug-likeness (QED) is 0.911. The van der Waals surface area contributed by atoms with Crippen LogP contribution in [0.5, 0.6) is 0 Å². The van der Waals surface area contributed by atoms with Gasteiger partial charge in [0.15, 0.2) is 0 Å². The van der Waals surface area contributed by atoms with Crippen LogP contribution in [0.25, 0.3) is 0 Å². The molecule has 2 N–H and O–H groups in total. The summed E-state index contributed by atoms with van der Waals surface area (Å²) in [5.74, 6) is -0.422. The van der Waals surface area contributed by atoms with Gasteiger partial charge < -0.3 is 10.6 Å². The fourth-order valence-corrected chi connectivity index (χ4v) is 2.57. The Kier molecular flexibility index (Phi) is 4.02. The van der Waals surface area contributed by atoms with Crippen LogP contribution in [0.15, 0.2) is 22.7 Å². The molecule has 0 spiro atoms. The van der Waals surface area contributed by atoms with Gasteiger partial charge in [-0.2, -0.15) is 0 Å². The zero-order valence-electron chi connectivity index (χ0n) is 10.2. The minimum Gasteiger partial charge on any atom is -0.338 e. The molecule has 2 rings (SSSR count). The molecule has 1 heterocycles. The van der Waals surface area contributed by atoms with E-state index in [0.29, 0.717) is 23.5 Å². The van der Waals surface area contributed by atoms with E-state index in [1.165, 1.54) is 12.1 Å². The number of nitrogens with two attached hydrogens (primary N) is 1. The SMILES string of the molecule is CC(N)C1CCN(C(=O)c2ccc(Br)cc2F)C1. The molecule has 1 aliphatic rings. The molecule has 18 heavy (non-hydrogen) atoms. The number of likely N-dealkylation sites (tertiary alicyclic amines) is 1. The number of benzene rings is 1. The lowest BCUT2D eigenvalue weighted by Gasteiger charge is -2.18. The van der Waals surface area contributed by atoms with E-state index in [-0.39, 0.29) is 17.5 Å². The second-order valence-corrected chi connectivity index (χ2v) is 5.70. The summed E-state index contributed by atoms with van der Waals surface area (Å²) in [5.41, 5.74) is 5.96. The van der Waals surface area contributed by atoms with Crippen molar-refractivity contribution in [2.75, 3.05) is 13.1 Å². The first-order valence-electron chi connectivity index (χ1n) is 5.99. The third kappa shape index (κ3) is 2.72. The van der Waals surface area contributed by atoms with Gasteiger partial charge in [-0.3, -0.25) is 4.79 Å². The maximum atomic E-state index is 13.7. The first-order valence-corrected chi connectivity index (χ1v) is 6.78.